The third-order valence-corrected chi connectivity index (χ3v) is 4.26. The van der Waals surface area contributed by atoms with Crippen molar-refractivity contribution in [2.45, 2.75) is 25.8 Å². The maximum Gasteiger partial charge on any atom is 0.225 e. The van der Waals surface area contributed by atoms with Crippen molar-refractivity contribution >= 4 is 17.0 Å². The van der Waals surface area contributed by atoms with Gasteiger partial charge in [0, 0.05) is 19.0 Å². The fourth-order valence-electron chi connectivity index (χ4n) is 3.10. The number of aromatic nitrogens is 4. The second-order valence-electron chi connectivity index (χ2n) is 6.24. The molecule has 0 unspecified atom stereocenters. The van der Waals surface area contributed by atoms with E-state index in [4.69, 9.17) is 4.98 Å². The van der Waals surface area contributed by atoms with Gasteiger partial charge in [-0.1, -0.05) is 26.0 Å². The Morgan fingerprint density at radius 3 is 2.52 bits per heavy atom. The topological polar surface area (TPSA) is 46.8 Å². The van der Waals surface area contributed by atoms with Crippen molar-refractivity contribution in [1.29, 1.82) is 0 Å². The molecule has 1 saturated heterocycles. The van der Waals surface area contributed by atoms with E-state index >= 15 is 0 Å². The molecule has 1 aliphatic rings. The maximum absolute atomic E-state index is 12.9. The van der Waals surface area contributed by atoms with E-state index in [9.17, 15) is 4.39 Å². The molecule has 3 heterocycles. The summed E-state index contributed by atoms with van der Waals surface area (Å²) < 4.78 is 15.3. The Hall–Kier alpha value is -2.50. The number of rotatable bonds is 3. The molecule has 0 aliphatic carbocycles. The Bertz CT molecular complexity index is 834. The normalized spacial score (nSPS) is 15.4. The average Bonchev–Trinajstić information content (AvgIpc) is 2.88. The van der Waals surface area contributed by atoms with Crippen LogP contribution in [-0.2, 0) is 0 Å². The molecule has 1 aromatic carbocycles. The quantitative estimate of drug-likeness (QED) is 0.745. The van der Waals surface area contributed by atoms with Gasteiger partial charge in [-0.2, -0.15) is 0 Å². The number of imidazole rings is 1. The van der Waals surface area contributed by atoms with Crippen LogP contribution in [0, 0.1) is 5.82 Å². The largest absolute Gasteiger partial charge is 0.337 e. The number of halogens is 1. The van der Waals surface area contributed by atoms with Crippen molar-refractivity contribution < 1.29 is 4.39 Å². The van der Waals surface area contributed by atoms with Gasteiger partial charge in [0.1, 0.15) is 5.82 Å². The Labute approximate surface area is 133 Å². The van der Waals surface area contributed by atoms with Crippen molar-refractivity contribution in [3.05, 3.63) is 48.3 Å². The highest BCUT2D eigenvalue weighted by molar-refractivity contribution is 5.76. The first kappa shape index (κ1) is 14.1. The van der Waals surface area contributed by atoms with E-state index < -0.39 is 5.82 Å². The molecule has 118 valence electrons. The summed E-state index contributed by atoms with van der Waals surface area (Å²) in [5, 5.41) is 0. The number of para-hydroxylation sites is 2. The van der Waals surface area contributed by atoms with E-state index in [0.717, 1.165) is 24.4 Å². The van der Waals surface area contributed by atoms with E-state index in [1.807, 2.05) is 12.1 Å². The van der Waals surface area contributed by atoms with E-state index in [1.165, 1.54) is 17.9 Å². The Kier molecular flexibility index (Phi) is 3.25. The van der Waals surface area contributed by atoms with Crippen LogP contribution in [0.2, 0.25) is 0 Å². The molecular formula is C17H18FN5. The molecule has 0 N–H and O–H groups in total. The van der Waals surface area contributed by atoms with Gasteiger partial charge < -0.3 is 9.47 Å². The second-order valence-corrected chi connectivity index (χ2v) is 6.24. The standard InChI is InChI=1S/C17H18FN5/c1-11(2)16-21-14-5-3-4-6-15(14)23(16)13-9-22(10-13)17-19-7-12(18)8-20-17/h3-8,11,13H,9-10H2,1-2H3. The smallest absolute Gasteiger partial charge is 0.225 e. The monoisotopic (exact) mass is 311 g/mol. The molecule has 1 aliphatic heterocycles. The van der Waals surface area contributed by atoms with Crippen LogP contribution in [0.1, 0.15) is 31.6 Å². The lowest BCUT2D eigenvalue weighted by atomic mass is 10.1. The van der Waals surface area contributed by atoms with Crippen molar-refractivity contribution in [2.24, 2.45) is 0 Å². The van der Waals surface area contributed by atoms with Gasteiger partial charge in [0.05, 0.1) is 29.5 Å². The highest BCUT2D eigenvalue weighted by atomic mass is 19.1. The lowest BCUT2D eigenvalue weighted by molar-refractivity contribution is 0.387. The summed E-state index contributed by atoms with van der Waals surface area (Å²) in [5.41, 5.74) is 2.20. The summed E-state index contributed by atoms with van der Waals surface area (Å²) in [4.78, 5) is 14.9. The second kappa shape index (κ2) is 5.30. The van der Waals surface area contributed by atoms with E-state index in [-0.39, 0.29) is 0 Å². The van der Waals surface area contributed by atoms with Gasteiger partial charge in [-0.3, -0.25) is 0 Å². The van der Waals surface area contributed by atoms with Crippen molar-refractivity contribution in [1.82, 2.24) is 19.5 Å². The molecule has 6 heteroatoms. The fraction of sp³-hybridized carbons (Fsp3) is 0.353. The van der Waals surface area contributed by atoms with Gasteiger partial charge >= 0.3 is 0 Å². The number of fused-ring (bicyclic) bond motifs is 1. The number of hydrogen-bond acceptors (Lipinski definition) is 4. The van der Waals surface area contributed by atoms with Crippen LogP contribution in [0.15, 0.2) is 36.7 Å². The predicted octanol–water partition coefficient (Wildman–Crippen LogP) is 3.15. The Balaban J connectivity index is 1.64. The van der Waals surface area contributed by atoms with E-state index in [0.29, 0.717) is 17.9 Å². The summed E-state index contributed by atoms with van der Waals surface area (Å²) >= 11 is 0. The summed E-state index contributed by atoms with van der Waals surface area (Å²) in [6, 6.07) is 8.57. The molecule has 0 atom stereocenters. The Morgan fingerprint density at radius 1 is 1.13 bits per heavy atom. The zero-order valence-corrected chi connectivity index (χ0v) is 13.1. The molecule has 4 rings (SSSR count). The first-order chi connectivity index (χ1) is 11.1. The van der Waals surface area contributed by atoms with Gasteiger partial charge in [-0.15, -0.1) is 0 Å². The molecule has 0 bridgehead atoms. The molecule has 3 aromatic rings. The molecular weight excluding hydrogens is 293 g/mol. The van der Waals surface area contributed by atoms with Gasteiger partial charge in [0.25, 0.3) is 0 Å². The minimum absolute atomic E-state index is 0.341. The highest BCUT2D eigenvalue weighted by Crippen LogP contribution is 2.32. The molecule has 0 spiro atoms. The van der Waals surface area contributed by atoms with Crippen molar-refractivity contribution in [3.63, 3.8) is 0 Å². The minimum Gasteiger partial charge on any atom is -0.337 e. The summed E-state index contributed by atoms with van der Waals surface area (Å²) in [7, 11) is 0. The maximum atomic E-state index is 12.9. The van der Waals surface area contributed by atoms with Crippen LogP contribution >= 0.6 is 0 Å². The van der Waals surface area contributed by atoms with Crippen LogP contribution in [0.5, 0.6) is 0 Å². The van der Waals surface area contributed by atoms with Gasteiger partial charge in [-0.25, -0.2) is 19.3 Å². The lowest BCUT2D eigenvalue weighted by Gasteiger charge is -2.41. The molecule has 23 heavy (non-hydrogen) atoms. The van der Waals surface area contributed by atoms with Crippen molar-refractivity contribution in [2.75, 3.05) is 18.0 Å². The molecule has 2 aromatic heterocycles. The summed E-state index contributed by atoms with van der Waals surface area (Å²) in [6.45, 7) is 5.95. The van der Waals surface area contributed by atoms with Gasteiger partial charge in [-0.05, 0) is 12.1 Å². The predicted molar refractivity (Wildman–Crippen MR) is 87.1 cm³/mol. The number of anilines is 1. The number of benzene rings is 1. The zero-order chi connectivity index (χ0) is 16.0. The molecule has 0 radical (unpaired) electrons. The summed E-state index contributed by atoms with van der Waals surface area (Å²) in [5.74, 6) is 1.64. The van der Waals surface area contributed by atoms with Gasteiger partial charge in [0.15, 0.2) is 5.82 Å². The van der Waals surface area contributed by atoms with Crippen LogP contribution in [-0.4, -0.2) is 32.6 Å². The number of nitrogens with zero attached hydrogens (tertiary/aromatic N) is 5. The van der Waals surface area contributed by atoms with Gasteiger partial charge in [0.2, 0.25) is 5.95 Å². The first-order valence-electron chi connectivity index (χ1n) is 7.83. The fourth-order valence-corrected chi connectivity index (χ4v) is 3.10. The first-order valence-corrected chi connectivity index (χ1v) is 7.83. The van der Waals surface area contributed by atoms with Crippen LogP contribution in [0.4, 0.5) is 10.3 Å². The van der Waals surface area contributed by atoms with Crippen LogP contribution < -0.4 is 4.90 Å². The lowest BCUT2D eigenvalue weighted by Crippen LogP contribution is -2.49. The molecule has 1 fully saturated rings. The van der Waals surface area contributed by atoms with E-state index in [2.05, 4.69) is 45.4 Å². The number of hydrogen-bond donors (Lipinski definition) is 0. The molecule has 0 saturated carbocycles. The average molecular weight is 311 g/mol. The van der Waals surface area contributed by atoms with Crippen molar-refractivity contribution in [3.8, 4) is 0 Å². The SMILES string of the molecule is CC(C)c1nc2ccccc2n1C1CN(c2ncc(F)cn2)C1. The van der Waals surface area contributed by atoms with Crippen LogP contribution in [0.3, 0.4) is 0 Å². The zero-order valence-electron chi connectivity index (χ0n) is 13.1. The molecule has 0 amide bonds. The van der Waals surface area contributed by atoms with E-state index in [1.54, 1.807) is 0 Å². The Morgan fingerprint density at radius 2 is 1.83 bits per heavy atom. The minimum atomic E-state index is -0.409. The third kappa shape index (κ3) is 2.34. The third-order valence-electron chi connectivity index (χ3n) is 4.26. The molecule has 5 nitrogen and oxygen atoms in total. The van der Waals surface area contributed by atoms with Crippen LogP contribution in [0.25, 0.3) is 11.0 Å². The summed E-state index contributed by atoms with van der Waals surface area (Å²) in [6.07, 6.45) is 2.42. The highest BCUT2D eigenvalue weighted by Gasteiger charge is 2.33.